The van der Waals surface area contributed by atoms with Crippen molar-refractivity contribution < 1.29 is 0 Å². The topological polar surface area (TPSA) is 44.9 Å². The molecule has 2 N–H and O–H groups in total. The highest BCUT2D eigenvalue weighted by Gasteiger charge is 2.02. The predicted octanol–water partition coefficient (Wildman–Crippen LogP) is 3.96. The lowest BCUT2D eigenvalue weighted by Crippen LogP contribution is -2.06. The van der Waals surface area contributed by atoms with Gasteiger partial charge in [0.2, 0.25) is 5.56 Å². The number of anilines is 1. The van der Waals surface area contributed by atoms with Crippen LogP contribution in [-0.2, 0) is 6.54 Å². The van der Waals surface area contributed by atoms with Gasteiger partial charge < -0.3 is 10.3 Å². The number of aromatic amines is 1. The SMILES string of the molecule is Cc1ccc(-c2ccccc2)cc1NCc1ccc(=O)[nH]c1. The third-order valence-corrected chi connectivity index (χ3v) is 3.68. The molecular formula is C19H18N2O. The van der Waals surface area contributed by atoms with Gasteiger partial charge in [-0.05, 0) is 35.2 Å². The molecule has 3 rings (SSSR count). The first-order valence-electron chi connectivity index (χ1n) is 7.30. The molecule has 0 aliphatic carbocycles. The zero-order valence-corrected chi connectivity index (χ0v) is 12.5. The van der Waals surface area contributed by atoms with Crippen LogP contribution in [0.15, 0.2) is 71.7 Å². The summed E-state index contributed by atoms with van der Waals surface area (Å²) in [5.74, 6) is 0. The Kier molecular flexibility index (Phi) is 4.05. The zero-order chi connectivity index (χ0) is 15.4. The van der Waals surface area contributed by atoms with E-state index in [0.717, 1.165) is 11.3 Å². The standard InChI is InChI=1S/C19H18N2O/c1-14-7-9-17(16-5-3-2-4-6-16)11-18(14)20-12-15-8-10-19(22)21-13-15/h2-11,13,20H,12H2,1H3,(H,21,22). The molecule has 22 heavy (non-hydrogen) atoms. The van der Waals surface area contributed by atoms with Crippen molar-refractivity contribution in [3.63, 3.8) is 0 Å². The number of hydrogen-bond acceptors (Lipinski definition) is 2. The molecule has 0 amide bonds. The van der Waals surface area contributed by atoms with Crippen molar-refractivity contribution in [3.8, 4) is 11.1 Å². The largest absolute Gasteiger partial charge is 0.381 e. The number of hydrogen-bond donors (Lipinski definition) is 2. The normalized spacial score (nSPS) is 10.4. The van der Waals surface area contributed by atoms with Gasteiger partial charge in [-0.3, -0.25) is 4.79 Å². The summed E-state index contributed by atoms with van der Waals surface area (Å²) in [6, 6.07) is 20.1. The van der Waals surface area contributed by atoms with Crippen molar-refractivity contribution in [1.29, 1.82) is 0 Å². The van der Waals surface area contributed by atoms with Gasteiger partial charge >= 0.3 is 0 Å². The van der Waals surface area contributed by atoms with Crippen molar-refractivity contribution in [2.75, 3.05) is 5.32 Å². The van der Waals surface area contributed by atoms with E-state index in [0.29, 0.717) is 6.54 Å². The molecule has 0 aliphatic heterocycles. The Morgan fingerprint density at radius 3 is 2.50 bits per heavy atom. The van der Waals surface area contributed by atoms with Crippen LogP contribution in [0.25, 0.3) is 11.1 Å². The van der Waals surface area contributed by atoms with E-state index >= 15 is 0 Å². The van der Waals surface area contributed by atoms with Gasteiger partial charge in [-0.25, -0.2) is 0 Å². The Labute approximate surface area is 129 Å². The minimum Gasteiger partial charge on any atom is -0.381 e. The molecule has 0 atom stereocenters. The molecule has 0 unspecified atom stereocenters. The van der Waals surface area contributed by atoms with E-state index in [9.17, 15) is 4.79 Å². The van der Waals surface area contributed by atoms with Crippen LogP contribution in [0.4, 0.5) is 5.69 Å². The number of pyridine rings is 1. The molecule has 0 saturated carbocycles. The molecular weight excluding hydrogens is 272 g/mol. The molecule has 0 radical (unpaired) electrons. The van der Waals surface area contributed by atoms with Gasteiger partial charge in [0.1, 0.15) is 0 Å². The molecule has 0 spiro atoms. The van der Waals surface area contributed by atoms with Crippen LogP contribution < -0.4 is 10.9 Å². The maximum absolute atomic E-state index is 11.1. The average molecular weight is 290 g/mol. The Balaban J connectivity index is 1.81. The van der Waals surface area contributed by atoms with Gasteiger partial charge in [0.05, 0.1) is 0 Å². The molecule has 0 fully saturated rings. The Morgan fingerprint density at radius 2 is 1.77 bits per heavy atom. The van der Waals surface area contributed by atoms with E-state index in [1.807, 2.05) is 24.3 Å². The van der Waals surface area contributed by atoms with Gasteiger partial charge in [0.25, 0.3) is 0 Å². The highest BCUT2D eigenvalue weighted by Crippen LogP contribution is 2.25. The Bertz CT molecular complexity index is 802. The molecule has 3 heteroatoms. The fraction of sp³-hybridized carbons (Fsp3) is 0.105. The van der Waals surface area contributed by atoms with Gasteiger partial charge in [-0.1, -0.05) is 48.5 Å². The molecule has 1 aromatic heterocycles. The second kappa shape index (κ2) is 6.31. The fourth-order valence-corrected chi connectivity index (χ4v) is 2.37. The monoisotopic (exact) mass is 290 g/mol. The maximum Gasteiger partial charge on any atom is 0.247 e. The third kappa shape index (κ3) is 3.26. The number of rotatable bonds is 4. The summed E-state index contributed by atoms with van der Waals surface area (Å²) in [7, 11) is 0. The summed E-state index contributed by atoms with van der Waals surface area (Å²) in [6.45, 7) is 2.76. The van der Waals surface area contributed by atoms with Gasteiger partial charge in [0, 0.05) is 24.5 Å². The van der Waals surface area contributed by atoms with E-state index in [2.05, 4.69) is 47.6 Å². The van der Waals surface area contributed by atoms with Crippen molar-refractivity contribution in [1.82, 2.24) is 4.98 Å². The molecule has 0 bridgehead atoms. The van der Waals surface area contributed by atoms with E-state index < -0.39 is 0 Å². The predicted molar refractivity (Wildman–Crippen MR) is 91.0 cm³/mol. The first-order chi connectivity index (χ1) is 10.7. The molecule has 1 heterocycles. The Hall–Kier alpha value is -2.81. The van der Waals surface area contributed by atoms with E-state index in [1.165, 1.54) is 16.7 Å². The summed E-state index contributed by atoms with van der Waals surface area (Å²) in [5.41, 5.74) is 5.66. The smallest absolute Gasteiger partial charge is 0.247 e. The molecule has 3 nitrogen and oxygen atoms in total. The van der Waals surface area contributed by atoms with E-state index in [4.69, 9.17) is 0 Å². The molecule has 0 aliphatic rings. The van der Waals surface area contributed by atoms with E-state index in [1.54, 1.807) is 12.3 Å². The summed E-state index contributed by atoms with van der Waals surface area (Å²) >= 11 is 0. The average Bonchev–Trinajstić information content (AvgIpc) is 2.56. The summed E-state index contributed by atoms with van der Waals surface area (Å²) in [5, 5.41) is 3.44. The minimum absolute atomic E-state index is 0.0778. The van der Waals surface area contributed by atoms with Gasteiger partial charge in [-0.2, -0.15) is 0 Å². The Morgan fingerprint density at radius 1 is 0.955 bits per heavy atom. The molecule has 110 valence electrons. The van der Waals surface area contributed by atoms with Crippen LogP contribution in [0.5, 0.6) is 0 Å². The summed E-state index contributed by atoms with van der Waals surface area (Å²) in [6.07, 6.45) is 1.74. The number of aromatic nitrogens is 1. The van der Waals surface area contributed by atoms with Crippen LogP contribution in [0, 0.1) is 6.92 Å². The lowest BCUT2D eigenvalue weighted by Gasteiger charge is -2.12. The molecule has 2 aromatic carbocycles. The fourth-order valence-electron chi connectivity index (χ4n) is 2.37. The van der Waals surface area contributed by atoms with Gasteiger partial charge in [-0.15, -0.1) is 0 Å². The van der Waals surface area contributed by atoms with Crippen molar-refractivity contribution in [2.45, 2.75) is 13.5 Å². The number of aryl methyl sites for hydroxylation is 1. The number of nitrogens with one attached hydrogen (secondary N) is 2. The first kappa shape index (κ1) is 14.1. The third-order valence-electron chi connectivity index (χ3n) is 3.68. The van der Waals surface area contributed by atoms with Crippen LogP contribution >= 0.6 is 0 Å². The van der Waals surface area contributed by atoms with Crippen LogP contribution in [0.2, 0.25) is 0 Å². The van der Waals surface area contributed by atoms with Crippen molar-refractivity contribution in [2.24, 2.45) is 0 Å². The van der Waals surface area contributed by atoms with Crippen molar-refractivity contribution >= 4 is 5.69 Å². The highest BCUT2D eigenvalue weighted by molar-refractivity contribution is 5.69. The van der Waals surface area contributed by atoms with Crippen LogP contribution in [0.3, 0.4) is 0 Å². The summed E-state index contributed by atoms with van der Waals surface area (Å²) < 4.78 is 0. The van der Waals surface area contributed by atoms with Crippen molar-refractivity contribution in [3.05, 3.63) is 88.3 Å². The first-order valence-corrected chi connectivity index (χ1v) is 7.30. The van der Waals surface area contributed by atoms with Crippen LogP contribution in [-0.4, -0.2) is 4.98 Å². The lowest BCUT2D eigenvalue weighted by atomic mass is 10.0. The minimum atomic E-state index is -0.0778. The van der Waals surface area contributed by atoms with Crippen LogP contribution in [0.1, 0.15) is 11.1 Å². The van der Waals surface area contributed by atoms with Gasteiger partial charge in [0.15, 0.2) is 0 Å². The highest BCUT2D eigenvalue weighted by atomic mass is 16.1. The maximum atomic E-state index is 11.1. The molecule has 3 aromatic rings. The number of benzene rings is 2. The molecule has 0 saturated heterocycles. The second-order valence-electron chi connectivity index (χ2n) is 5.31. The number of H-pyrrole nitrogens is 1. The zero-order valence-electron chi connectivity index (χ0n) is 12.5. The van der Waals surface area contributed by atoms with E-state index in [-0.39, 0.29) is 5.56 Å². The summed E-state index contributed by atoms with van der Waals surface area (Å²) in [4.78, 5) is 13.8. The second-order valence-corrected chi connectivity index (χ2v) is 5.31. The quantitative estimate of drug-likeness (QED) is 0.764. The lowest BCUT2D eigenvalue weighted by molar-refractivity contribution is 1.09.